The van der Waals surface area contributed by atoms with E-state index in [-0.39, 0.29) is 6.10 Å². The molecule has 1 unspecified atom stereocenters. The van der Waals surface area contributed by atoms with Crippen LogP contribution in [0.5, 0.6) is 5.75 Å². The second-order valence-corrected chi connectivity index (χ2v) is 7.39. The number of rotatable bonds is 7. The third kappa shape index (κ3) is 4.97. The minimum atomic E-state index is -3.37. The molecule has 1 heterocycles. The molecule has 5 nitrogen and oxygen atoms in total. The van der Waals surface area contributed by atoms with Crippen molar-refractivity contribution in [3.05, 3.63) is 59.7 Å². The molecular formula is C17H19NO4S. The molecule has 0 aliphatic carbocycles. The number of sulfonamides is 1. The lowest BCUT2D eigenvalue weighted by Crippen LogP contribution is -2.11. The second kappa shape index (κ2) is 6.60. The van der Waals surface area contributed by atoms with Crippen molar-refractivity contribution in [2.75, 3.05) is 17.6 Å². The number of ether oxygens (including phenoxy) is 2. The van der Waals surface area contributed by atoms with Gasteiger partial charge in [-0.3, -0.25) is 4.72 Å². The van der Waals surface area contributed by atoms with Gasteiger partial charge in [0.2, 0.25) is 10.0 Å². The zero-order chi connectivity index (χ0) is 16.3. The topological polar surface area (TPSA) is 67.9 Å². The SMILES string of the molecule is CS(=O)(=O)Nc1cc(CC2CO2)ccc1OCc1ccccc1. The van der Waals surface area contributed by atoms with Gasteiger partial charge in [0, 0.05) is 6.42 Å². The Balaban J connectivity index is 1.78. The van der Waals surface area contributed by atoms with E-state index in [2.05, 4.69) is 4.72 Å². The Morgan fingerprint density at radius 1 is 1.17 bits per heavy atom. The van der Waals surface area contributed by atoms with Crippen molar-refractivity contribution in [2.24, 2.45) is 0 Å². The normalized spacial score (nSPS) is 16.8. The summed E-state index contributed by atoms with van der Waals surface area (Å²) in [6.45, 7) is 1.14. The van der Waals surface area contributed by atoms with Crippen molar-refractivity contribution in [1.82, 2.24) is 0 Å². The van der Waals surface area contributed by atoms with Gasteiger partial charge in [-0.05, 0) is 23.3 Å². The van der Waals surface area contributed by atoms with Crippen LogP contribution in [0.15, 0.2) is 48.5 Å². The van der Waals surface area contributed by atoms with Gasteiger partial charge in [0.15, 0.2) is 0 Å². The maximum atomic E-state index is 11.6. The highest BCUT2D eigenvalue weighted by atomic mass is 32.2. The van der Waals surface area contributed by atoms with E-state index in [1.54, 1.807) is 6.07 Å². The van der Waals surface area contributed by atoms with Crippen LogP contribution in [0.3, 0.4) is 0 Å². The van der Waals surface area contributed by atoms with E-state index in [0.29, 0.717) is 18.0 Å². The van der Waals surface area contributed by atoms with Crippen molar-refractivity contribution < 1.29 is 17.9 Å². The molecule has 0 saturated carbocycles. The minimum Gasteiger partial charge on any atom is -0.487 e. The molecule has 2 aromatic rings. The summed E-state index contributed by atoms with van der Waals surface area (Å²) in [5.41, 5.74) is 2.50. The molecule has 1 fully saturated rings. The van der Waals surface area contributed by atoms with Crippen LogP contribution >= 0.6 is 0 Å². The van der Waals surface area contributed by atoms with Crippen LogP contribution in [0.25, 0.3) is 0 Å². The molecule has 1 saturated heterocycles. The number of anilines is 1. The molecular weight excluding hydrogens is 314 g/mol. The Morgan fingerprint density at radius 3 is 2.57 bits per heavy atom. The predicted octanol–water partition coefficient (Wildman–Crippen LogP) is 2.58. The molecule has 1 aliphatic heterocycles. The van der Waals surface area contributed by atoms with Crippen LogP contribution in [-0.4, -0.2) is 27.4 Å². The standard InChI is InChI=1S/C17H19NO4S/c1-23(19,20)18-16-10-14(9-15-12-21-15)7-8-17(16)22-11-13-5-3-2-4-6-13/h2-8,10,15,18H,9,11-12H2,1H3. The molecule has 122 valence electrons. The Hall–Kier alpha value is -2.05. The van der Waals surface area contributed by atoms with Crippen molar-refractivity contribution in [3.63, 3.8) is 0 Å². The van der Waals surface area contributed by atoms with Gasteiger partial charge < -0.3 is 9.47 Å². The fraction of sp³-hybridized carbons (Fsp3) is 0.294. The lowest BCUT2D eigenvalue weighted by Gasteiger charge is -2.14. The van der Waals surface area contributed by atoms with Gasteiger partial charge in [-0.25, -0.2) is 8.42 Å². The summed E-state index contributed by atoms with van der Waals surface area (Å²) in [7, 11) is -3.37. The summed E-state index contributed by atoms with van der Waals surface area (Å²) >= 11 is 0. The summed E-state index contributed by atoms with van der Waals surface area (Å²) in [5.74, 6) is 0.514. The first kappa shape index (κ1) is 15.8. The fourth-order valence-electron chi connectivity index (χ4n) is 2.29. The summed E-state index contributed by atoms with van der Waals surface area (Å²) in [5, 5.41) is 0. The van der Waals surface area contributed by atoms with E-state index in [9.17, 15) is 8.42 Å². The van der Waals surface area contributed by atoms with Gasteiger partial charge >= 0.3 is 0 Å². The summed E-state index contributed by atoms with van der Waals surface area (Å²) in [6, 6.07) is 15.3. The Bertz CT molecular complexity index is 770. The lowest BCUT2D eigenvalue weighted by atomic mass is 10.1. The molecule has 1 atom stereocenters. The minimum absolute atomic E-state index is 0.247. The van der Waals surface area contributed by atoms with Gasteiger partial charge in [0.1, 0.15) is 12.4 Å². The first-order valence-corrected chi connectivity index (χ1v) is 9.28. The largest absolute Gasteiger partial charge is 0.487 e. The van der Waals surface area contributed by atoms with Crippen molar-refractivity contribution in [3.8, 4) is 5.75 Å². The highest BCUT2D eigenvalue weighted by Crippen LogP contribution is 2.29. The predicted molar refractivity (Wildman–Crippen MR) is 89.1 cm³/mol. The Kier molecular flexibility index (Phi) is 4.54. The zero-order valence-corrected chi connectivity index (χ0v) is 13.7. The molecule has 0 amide bonds. The molecule has 0 bridgehead atoms. The van der Waals surface area contributed by atoms with Crippen LogP contribution in [0, 0.1) is 0 Å². The molecule has 0 radical (unpaired) electrons. The van der Waals surface area contributed by atoms with Gasteiger partial charge in [-0.1, -0.05) is 36.4 Å². The quantitative estimate of drug-likeness (QED) is 0.791. The fourth-order valence-corrected chi connectivity index (χ4v) is 2.85. The molecule has 1 aliphatic rings. The highest BCUT2D eigenvalue weighted by molar-refractivity contribution is 7.92. The van der Waals surface area contributed by atoms with Crippen molar-refractivity contribution in [1.29, 1.82) is 0 Å². The number of benzene rings is 2. The van der Waals surface area contributed by atoms with Gasteiger partial charge in [0.25, 0.3) is 0 Å². The first-order chi connectivity index (χ1) is 11.0. The molecule has 3 rings (SSSR count). The molecule has 0 spiro atoms. The van der Waals surface area contributed by atoms with Gasteiger partial charge in [-0.2, -0.15) is 0 Å². The van der Waals surface area contributed by atoms with Gasteiger partial charge in [-0.15, -0.1) is 0 Å². The van der Waals surface area contributed by atoms with Crippen LogP contribution < -0.4 is 9.46 Å². The van der Waals surface area contributed by atoms with Crippen LogP contribution in [0.4, 0.5) is 5.69 Å². The Labute approximate surface area is 136 Å². The molecule has 2 aromatic carbocycles. The van der Waals surface area contributed by atoms with Crippen molar-refractivity contribution in [2.45, 2.75) is 19.1 Å². The average Bonchev–Trinajstić information content (AvgIpc) is 3.30. The van der Waals surface area contributed by atoms with E-state index in [1.165, 1.54) is 0 Å². The smallest absolute Gasteiger partial charge is 0.229 e. The lowest BCUT2D eigenvalue weighted by molar-refractivity contribution is 0.308. The third-order valence-corrected chi connectivity index (χ3v) is 4.03. The molecule has 6 heteroatoms. The van der Waals surface area contributed by atoms with E-state index < -0.39 is 10.0 Å². The summed E-state index contributed by atoms with van der Waals surface area (Å²) in [4.78, 5) is 0. The molecule has 0 aromatic heterocycles. The number of epoxide rings is 1. The van der Waals surface area contributed by atoms with E-state index >= 15 is 0 Å². The average molecular weight is 333 g/mol. The summed E-state index contributed by atoms with van der Waals surface area (Å²) in [6.07, 6.45) is 2.15. The number of hydrogen-bond acceptors (Lipinski definition) is 4. The maximum Gasteiger partial charge on any atom is 0.229 e. The third-order valence-electron chi connectivity index (χ3n) is 3.44. The number of hydrogen-bond donors (Lipinski definition) is 1. The van der Waals surface area contributed by atoms with E-state index in [1.807, 2.05) is 42.5 Å². The van der Waals surface area contributed by atoms with Crippen LogP contribution in [0.2, 0.25) is 0 Å². The van der Waals surface area contributed by atoms with Crippen LogP contribution in [0.1, 0.15) is 11.1 Å². The van der Waals surface area contributed by atoms with Crippen LogP contribution in [-0.2, 0) is 27.8 Å². The highest BCUT2D eigenvalue weighted by Gasteiger charge is 2.23. The maximum absolute atomic E-state index is 11.6. The molecule has 1 N–H and O–H groups in total. The van der Waals surface area contributed by atoms with E-state index in [0.717, 1.165) is 30.4 Å². The second-order valence-electron chi connectivity index (χ2n) is 5.64. The number of nitrogens with one attached hydrogen (secondary N) is 1. The zero-order valence-electron chi connectivity index (χ0n) is 12.9. The molecule has 23 heavy (non-hydrogen) atoms. The van der Waals surface area contributed by atoms with E-state index in [4.69, 9.17) is 9.47 Å². The van der Waals surface area contributed by atoms with Gasteiger partial charge in [0.05, 0.1) is 24.7 Å². The van der Waals surface area contributed by atoms with Crippen molar-refractivity contribution >= 4 is 15.7 Å². The summed E-state index contributed by atoms with van der Waals surface area (Å²) < 4.78 is 36.7. The first-order valence-electron chi connectivity index (χ1n) is 7.39. The Morgan fingerprint density at radius 2 is 1.91 bits per heavy atom. The monoisotopic (exact) mass is 333 g/mol.